The van der Waals surface area contributed by atoms with Crippen molar-refractivity contribution in [1.82, 2.24) is 0 Å². The number of amidine groups is 1. The van der Waals surface area contributed by atoms with E-state index in [1.165, 1.54) is 55.3 Å². The summed E-state index contributed by atoms with van der Waals surface area (Å²) in [6, 6.07) is 68.5. The fourth-order valence-electron chi connectivity index (χ4n) is 6.57. The Kier molecular flexibility index (Phi) is 11.4. The Hall–Kier alpha value is -7.01. The zero-order valence-corrected chi connectivity index (χ0v) is 30.8. The van der Waals surface area contributed by atoms with E-state index < -0.39 is 0 Å². The Morgan fingerprint density at radius 2 is 0.909 bits per heavy atom. The fraction of sp³-hybridized carbons (Fsp3) is 0.0392. The molecule has 4 heteroatoms. The van der Waals surface area contributed by atoms with E-state index in [4.69, 9.17) is 21.3 Å². The van der Waals surface area contributed by atoms with Gasteiger partial charge in [-0.15, -0.1) is 0 Å². The van der Waals surface area contributed by atoms with E-state index in [2.05, 4.69) is 122 Å². The molecule has 268 valence electrons. The molecule has 0 radical (unpaired) electrons. The lowest BCUT2D eigenvalue weighted by Crippen LogP contribution is -2.10. The molecule has 0 unspecified atom stereocenters. The number of rotatable bonds is 6. The number of nitrogens with two attached hydrogens (primary N) is 2. The number of benzene rings is 8. The molecule has 0 fully saturated rings. The third-order valence-electron chi connectivity index (χ3n) is 9.48. The van der Waals surface area contributed by atoms with Crippen LogP contribution in [-0.4, -0.2) is 5.84 Å². The van der Waals surface area contributed by atoms with Crippen LogP contribution in [0.15, 0.2) is 205 Å². The van der Waals surface area contributed by atoms with Crippen molar-refractivity contribution in [2.75, 3.05) is 0 Å². The molecule has 0 saturated carbocycles. The lowest BCUT2D eigenvalue weighted by atomic mass is 9.93. The molecule has 1 heterocycles. The molecule has 0 aliphatic carbocycles. The maximum atomic E-state index is 7.58. The van der Waals surface area contributed by atoms with Crippen molar-refractivity contribution in [3.8, 4) is 44.5 Å². The van der Waals surface area contributed by atoms with Crippen LogP contribution in [0.1, 0.15) is 16.7 Å². The molecule has 0 aliphatic rings. The summed E-state index contributed by atoms with van der Waals surface area (Å²) in [5, 5.41) is 9.98. The molecule has 4 nitrogen and oxygen atoms in total. The van der Waals surface area contributed by atoms with Crippen LogP contribution in [0.4, 0.5) is 0 Å². The second kappa shape index (κ2) is 17.2. The van der Waals surface area contributed by atoms with Crippen LogP contribution in [0, 0.1) is 12.3 Å². The number of hydrogen-bond donors (Lipinski definition) is 3. The van der Waals surface area contributed by atoms with Crippen molar-refractivity contribution < 1.29 is 4.42 Å². The molecule has 0 aliphatic heterocycles. The standard InChI is InChI=1S/C25H20N2.C13H13N.C13H10O/c26-25(27)21-13-11-20(12-14-21)24-16-22(18-7-3-1-4-8-18)15-23(17-24)19-9-5-2-6-10-19;14-10-11-5-4-8-13(9-11)12-6-2-1-3-7-12;1-9-6-7-11-10-4-2-3-5-12(10)14-13(11)8-9/h1-17H,(H3,26,27);1-9H,10,14H2;2-8H,1H3. The van der Waals surface area contributed by atoms with Gasteiger partial charge in [-0.05, 0) is 99.0 Å². The predicted molar refractivity (Wildman–Crippen MR) is 232 cm³/mol. The normalized spacial score (nSPS) is 10.6. The van der Waals surface area contributed by atoms with Gasteiger partial charge in [-0.3, -0.25) is 5.41 Å². The number of para-hydroxylation sites is 1. The number of nitrogen functional groups attached to an aromatic ring is 1. The van der Waals surface area contributed by atoms with Crippen LogP contribution in [0.3, 0.4) is 0 Å². The van der Waals surface area contributed by atoms with Crippen LogP contribution in [0.2, 0.25) is 0 Å². The maximum Gasteiger partial charge on any atom is 0.135 e. The van der Waals surface area contributed by atoms with E-state index in [9.17, 15) is 0 Å². The number of furan rings is 1. The third kappa shape index (κ3) is 8.97. The van der Waals surface area contributed by atoms with E-state index in [0.717, 1.165) is 27.9 Å². The van der Waals surface area contributed by atoms with Crippen molar-refractivity contribution in [1.29, 1.82) is 5.41 Å². The summed E-state index contributed by atoms with van der Waals surface area (Å²) < 4.78 is 5.73. The second-order valence-electron chi connectivity index (χ2n) is 13.4. The Morgan fingerprint density at radius 3 is 1.45 bits per heavy atom. The quantitative estimate of drug-likeness (QED) is 0.118. The Balaban J connectivity index is 0.000000139. The van der Waals surface area contributed by atoms with E-state index >= 15 is 0 Å². The fourth-order valence-corrected chi connectivity index (χ4v) is 6.57. The Labute approximate surface area is 322 Å². The van der Waals surface area contributed by atoms with Gasteiger partial charge in [0.15, 0.2) is 0 Å². The summed E-state index contributed by atoms with van der Waals surface area (Å²) >= 11 is 0. The molecule has 55 heavy (non-hydrogen) atoms. The number of nitrogens with one attached hydrogen (secondary N) is 1. The van der Waals surface area contributed by atoms with Gasteiger partial charge >= 0.3 is 0 Å². The van der Waals surface area contributed by atoms with Gasteiger partial charge in [0, 0.05) is 22.9 Å². The topological polar surface area (TPSA) is 89.0 Å². The van der Waals surface area contributed by atoms with Crippen molar-refractivity contribution in [3.63, 3.8) is 0 Å². The Bertz CT molecular complexity index is 2590. The summed E-state index contributed by atoms with van der Waals surface area (Å²) in [6.07, 6.45) is 0. The first-order chi connectivity index (χ1) is 26.9. The molecular formula is C51H43N3O. The van der Waals surface area contributed by atoms with Gasteiger partial charge in [-0.1, -0.05) is 164 Å². The van der Waals surface area contributed by atoms with Crippen molar-refractivity contribution in [2.45, 2.75) is 13.5 Å². The molecule has 1 aromatic heterocycles. The molecule has 0 saturated heterocycles. The van der Waals surface area contributed by atoms with Crippen LogP contribution in [-0.2, 0) is 6.54 Å². The van der Waals surface area contributed by atoms with E-state index in [-0.39, 0.29) is 5.84 Å². The van der Waals surface area contributed by atoms with Gasteiger partial charge in [0.05, 0.1) is 0 Å². The second-order valence-corrected chi connectivity index (χ2v) is 13.4. The highest BCUT2D eigenvalue weighted by Gasteiger charge is 2.08. The minimum atomic E-state index is 0.0876. The largest absolute Gasteiger partial charge is 0.456 e. The third-order valence-corrected chi connectivity index (χ3v) is 9.48. The van der Waals surface area contributed by atoms with Crippen molar-refractivity contribution in [2.24, 2.45) is 11.5 Å². The van der Waals surface area contributed by atoms with Gasteiger partial charge < -0.3 is 15.9 Å². The lowest BCUT2D eigenvalue weighted by molar-refractivity contribution is 0.668. The zero-order valence-electron chi connectivity index (χ0n) is 30.8. The van der Waals surface area contributed by atoms with Crippen LogP contribution < -0.4 is 11.5 Å². The van der Waals surface area contributed by atoms with Gasteiger partial charge in [0.1, 0.15) is 17.0 Å². The molecule has 0 amide bonds. The van der Waals surface area contributed by atoms with Gasteiger partial charge in [0.2, 0.25) is 0 Å². The summed E-state index contributed by atoms with van der Waals surface area (Å²) in [6.45, 7) is 2.67. The van der Waals surface area contributed by atoms with Crippen LogP contribution >= 0.6 is 0 Å². The minimum Gasteiger partial charge on any atom is -0.456 e. The highest BCUT2D eigenvalue weighted by molar-refractivity contribution is 6.04. The lowest BCUT2D eigenvalue weighted by Gasteiger charge is -2.11. The first-order valence-electron chi connectivity index (χ1n) is 18.4. The molecule has 5 N–H and O–H groups in total. The Morgan fingerprint density at radius 1 is 0.436 bits per heavy atom. The highest BCUT2D eigenvalue weighted by atomic mass is 16.3. The van der Waals surface area contributed by atoms with Gasteiger partial charge in [-0.2, -0.15) is 0 Å². The van der Waals surface area contributed by atoms with Gasteiger partial charge in [-0.25, -0.2) is 0 Å². The first kappa shape index (κ1) is 36.4. The molecule has 0 spiro atoms. The average Bonchev–Trinajstić information content (AvgIpc) is 3.62. The van der Waals surface area contributed by atoms with Gasteiger partial charge in [0.25, 0.3) is 0 Å². The molecular weight excluding hydrogens is 671 g/mol. The maximum absolute atomic E-state index is 7.58. The van der Waals surface area contributed by atoms with E-state index in [1.54, 1.807) is 0 Å². The molecule has 9 aromatic rings. The average molecular weight is 714 g/mol. The van der Waals surface area contributed by atoms with E-state index in [1.807, 2.05) is 84.9 Å². The minimum absolute atomic E-state index is 0.0876. The smallest absolute Gasteiger partial charge is 0.135 e. The monoisotopic (exact) mass is 713 g/mol. The molecule has 0 bridgehead atoms. The molecule has 9 rings (SSSR count). The SMILES string of the molecule is Cc1ccc2c(c1)oc1ccccc12.N=C(N)c1ccc(-c2cc(-c3ccccc3)cc(-c3ccccc3)c2)cc1.NCc1cccc(-c2ccccc2)c1. The number of aryl methyl sites for hydroxylation is 1. The summed E-state index contributed by atoms with van der Waals surface area (Å²) in [5.74, 6) is 0.0876. The van der Waals surface area contributed by atoms with Crippen LogP contribution in [0.5, 0.6) is 0 Å². The summed E-state index contributed by atoms with van der Waals surface area (Å²) in [4.78, 5) is 0. The summed E-state index contributed by atoms with van der Waals surface area (Å²) in [5.41, 5.74) is 25.7. The molecule has 0 atom stereocenters. The summed E-state index contributed by atoms with van der Waals surface area (Å²) in [7, 11) is 0. The van der Waals surface area contributed by atoms with Crippen LogP contribution in [0.25, 0.3) is 66.4 Å². The number of fused-ring (bicyclic) bond motifs is 3. The zero-order chi connectivity index (χ0) is 38.0. The van der Waals surface area contributed by atoms with E-state index in [0.29, 0.717) is 6.54 Å². The predicted octanol–water partition coefficient (Wildman–Crippen LogP) is 12.7. The first-order valence-corrected chi connectivity index (χ1v) is 18.4. The van der Waals surface area contributed by atoms with Crippen molar-refractivity contribution in [3.05, 3.63) is 217 Å². The molecule has 8 aromatic carbocycles. The highest BCUT2D eigenvalue weighted by Crippen LogP contribution is 2.33. The van der Waals surface area contributed by atoms with Crippen molar-refractivity contribution >= 4 is 27.8 Å². The number of hydrogen-bond acceptors (Lipinski definition) is 3.